The molecule has 0 spiro atoms. The first-order chi connectivity index (χ1) is 8.68. The van der Waals surface area contributed by atoms with Gasteiger partial charge in [0.15, 0.2) is 6.10 Å². The molecule has 1 atom stereocenters. The number of anilines is 1. The van der Waals surface area contributed by atoms with Gasteiger partial charge in [-0.05, 0) is 18.4 Å². The van der Waals surface area contributed by atoms with Gasteiger partial charge in [0.1, 0.15) is 0 Å². The maximum Gasteiger partial charge on any atom is 0.422 e. The lowest BCUT2D eigenvalue weighted by atomic mass is 10.1. The summed E-state index contributed by atoms with van der Waals surface area (Å²) >= 11 is 0. The minimum Gasteiger partial charge on any atom is -0.436 e. The lowest BCUT2D eigenvalue weighted by Crippen LogP contribution is -2.30. The molecule has 0 aromatic heterocycles. The summed E-state index contributed by atoms with van der Waals surface area (Å²) in [6.45, 7) is 1.57. The quantitative estimate of drug-likeness (QED) is 0.771. The third-order valence-corrected chi connectivity index (χ3v) is 3.04. The molecule has 90 valence electrons. The molecular weight excluding hydrogens is 230 g/mol. The summed E-state index contributed by atoms with van der Waals surface area (Å²) in [5.74, 6) is -0.323. The van der Waals surface area contributed by atoms with Crippen molar-refractivity contribution < 1.29 is 14.3 Å². The molecule has 1 aliphatic rings. The Kier molecular flexibility index (Phi) is 2.30. The molecule has 4 nitrogen and oxygen atoms in total. The lowest BCUT2D eigenvalue weighted by Gasteiger charge is -2.13. The molecule has 0 aliphatic carbocycles. The summed E-state index contributed by atoms with van der Waals surface area (Å²) in [5, 5.41) is 1.84. The number of fused-ring (bicyclic) bond motifs is 1. The number of carbonyl (C=O) groups is 2. The van der Waals surface area contributed by atoms with Crippen molar-refractivity contribution in [2.75, 3.05) is 4.90 Å². The normalized spacial score (nSPS) is 19.4. The number of carbonyl (C=O) groups excluding carboxylic acids is 2. The average molecular weight is 241 g/mol. The fourth-order valence-corrected chi connectivity index (χ4v) is 2.15. The molecule has 0 saturated carbocycles. The van der Waals surface area contributed by atoms with Gasteiger partial charge in [0.05, 0.1) is 5.69 Å². The van der Waals surface area contributed by atoms with Crippen molar-refractivity contribution in [2.45, 2.75) is 13.0 Å². The highest BCUT2D eigenvalue weighted by Crippen LogP contribution is 2.30. The van der Waals surface area contributed by atoms with Crippen molar-refractivity contribution in [1.82, 2.24) is 0 Å². The zero-order chi connectivity index (χ0) is 12.7. The Morgan fingerprint density at radius 1 is 1.06 bits per heavy atom. The van der Waals surface area contributed by atoms with E-state index in [-0.39, 0.29) is 5.91 Å². The number of cyclic esters (lactones) is 1. The summed E-state index contributed by atoms with van der Waals surface area (Å²) in [4.78, 5) is 24.8. The van der Waals surface area contributed by atoms with Crippen molar-refractivity contribution in [3.63, 3.8) is 0 Å². The molecule has 2 aromatic rings. The second kappa shape index (κ2) is 3.84. The number of nitrogens with zero attached hydrogens (tertiary/aromatic N) is 1. The Morgan fingerprint density at radius 2 is 1.78 bits per heavy atom. The molecule has 1 heterocycles. The maximum atomic E-state index is 11.9. The minimum absolute atomic E-state index is 0.323. The van der Waals surface area contributed by atoms with E-state index < -0.39 is 12.2 Å². The minimum atomic E-state index is -0.712. The zero-order valence-corrected chi connectivity index (χ0v) is 9.79. The fourth-order valence-electron chi connectivity index (χ4n) is 2.15. The van der Waals surface area contributed by atoms with E-state index in [1.807, 2.05) is 36.4 Å². The van der Waals surface area contributed by atoms with Gasteiger partial charge in [-0.15, -0.1) is 0 Å². The van der Waals surface area contributed by atoms with E-state index in [1.54, 1.807) is 13.0 Å². The third kappa shape index (κ3) is 1.46. The number of imide groups is 1. The Bertz CT molecular complexity index is 645. The first-order valence-corrected chi connectivity index (χ1v) is 5.71. The summed E-state index contributed by atoms with van der Waals surface area (Å²) < 4.78 is 4.93. The molecule has 2 amide bonds. The Labute approximate surface area is 104 Å². The van der Waals surface area contributed by atoms with Crippen LogP contribution in [0.5, 0.6) is 0 Å². The van der Waals surface area contributed by atoms with E-state index in [0.29, 0.717) is 5.69 Å². The van der Waals surface area contributed by atoms with Gasteiger partial charge in [0.2, 0.25) is 0 Å². The van der Waals surface area contributed by atoms with Crippen LogP contribution >= 0.6 is 0 Å². The van der Waals surface area contributed by atoms with Crippen LogP contribution in [0.4, 0.5) is 10.5 Å². The van der Waals surface area contributed by atoms with Crippen molar-refractivity contribution in [2.24, 2.45) is 0 Å². The van der Waals surface area contributed by atoms with E-state index in [1.165, 1.54) is 0 Å². The van der Waals surface area contributed by atoms with Gasteiger partial charge in [-0.2, -0.15) is 0 Å². The van der Waals surface area contributed by atoms with Crippen molar-refractivity contribution in [3.05, 3.63) is 42.5 Å². The molecule has 0 unspecified atom stereocenters. The van der Waals surface area contributed by atoms with Gasteiger partial charge in [-0.3, -0.25) is 4.79 Å². The third-order valence-electron chi connectivity index (χ3n) is 3.04. The molecule has 1 saturated heterocycles. The van der Waals surface area contributed by atoms with E-state index in [4.69, 9.17) is 4.74 Å². The second-order valence-electron chi connectivity index (χ2n) is 4.20. The van der Waals surface area contributed by atoms with Crippen LogP contribution in [-0.4, -0.2) is 18.1 Å². The SMILES string of the molecule is C[C@@H]1OC(=O)N(c2cccc3ccccc23)C1=O. The van der Waals surface area contributed by atoms with E-state index >= 15 is 0 Å². The summed E-state index contributed by atoms with van der Waals surface area (Å²) in [5.41, 5.74) is 0.576. The monoisotopic (exact) mass is 241 g/mol. The Balaban J connectivity index is 2.21. The van der Waals surface area contributed by atoms with Crippen LogP contribution in [0.3, 0.4) is 0 Å². The molecule has 1 fully saturated rings. The maximum absolute atomic E-state index is 11.9. The van der Waals surface area contributed by atoms with Gasteiger partial charge in [-0.1, -0.05) is 36.4 Å². The highest BCUT2D eigenvalue weighted by atomic mass is 16.6. The van der Waals surface area contributed by atoms with Crippen LogP contribution in [0.15, 0.2) is 42.5 Å². The van der Waals surface area contributed by atoms with Gasteiger partial charge >= 0.3 is 6.09 Å². The van der Waals surface area contributed by atoms with Gasteiger partial charge in [0, 0.05) is 5.39 Å². The summed E-state index contributed by atoms with van der Waals surface area (Å²) in [7, 11) is 0. The highest BCUT2D eigenvalue weighted by molar-refractivity contribution is 6.21. The van der Waals surface area contributed by atoms with Crippen molar-refractivity contribution >= 4 is 28.5 Å². The molecule has 4 heteroatoms. The van der Waals surface area contributed by atoms with Crippen LogP contribution in [0.25, 0.3) is 10.8 Å². The molecule has 18 heavy (non-hydrogen) atoms. The first kappa shape index (κ1) is 10.8. The van der Waals surface area contributed by atoms with Gasteiger partial charge in [-0.25, -0.2) is 9.69 Å². The van der Waals surface area contributed by atoms with Crippen LogP contribution in [-0.2, 0) is 9.53 Å². The molecule has 0 bridgehead atoms. The standard InChI is InChI=1S/C14H11NO3/c1-9-13(16)15(14(17)18-9)12-8-4-6-10-5-2-3-7-11(10)12/h2-9H,1H3/t9-/m0/s1. The summed E-state index contributed by atoms with van der Waals surface area (Å²) in [6.07, 6.45) is -1.32. The van der Waals surface area contributed by atoms with Crippen molar-refractivity contribution in [1.29, 1.82) is 0 Å². The van der Waals surface area contributed by atoms with Gasteiger partial charge < -0.3 is 4.74 Å². The molecule has 3 rings (SSSR count). The smallest absolute Gasteiger partial charge is 0.422 e. The number of amides is 2. The first-order valence-electron chi connectivity index (χ1n) is 5.71. The molecular formula is C14H11NO3. The topological polar surface area (TPSA) is 46.6 Å². The predicted molar refractivity (Wildman–Crippen MR) is 67.4 cm³/mol. The number of hydrogen-bond acceptors (Lipinski definition) is 3. The molecule has 2 aromatic carbocycles. The zero-order valence-electron chi connectivity index (χ0n) is 9.79. The average Bonchev–Trinajstić information content (AvgIpc) is 2.63. The number of ether oxygens (including phenoxy) is 1. The predicted octanol–water partition coefficient (Wildman–Crippen LogP) is 2.71. The van der Waals surface area contributed by atoms with E-state index in [0.717, 1.165) is 15.7 Å². The number of benzene rings is 2. The van der Waals surface area contributed by atoms with Crippen LogP contribution in [0, 0.1) is 0 Å². The van der Waals surface area contributed by atoms with E-state index in [2.05, 4.69) is 0 Å². The Hall–Kier alpha value is -2.36. The van der Waals surface area contributed by atoms with Crippen molar-refractivity contribution in [3.8, 4) is 0 Å². The number of rotatable bonds is 1. The molecule has 0 N–H and O–H groups in total. The molecule has 0 radical (unpaired) electrons. The van der Waals surface area contributed by atoms with Crippen LogP contribution < -0.4 is 4.90 Å². The van der Waals surface area contributed by atoms with Gasteiger partial charge in [0.25, 0.3) is 5.91 Å². The van der Waals surface area contributed by atoms with E-state index in [9.17, 15) is 9.59 Å². The highest BCUT2D eigenvalue weighted by Gasteiger charge is 2.39. The Morgan fingerprint density at radius 3 is 2.50 bits per heavy atom. The number of hydrogen-bond donors (Lipinski definition) is 0. The second-order valence-corrected chi connectivity index (χ2v) is 4.20. The lowest BCUT2D eigenvalue weighted by molar-refractivity contribution is -0.121. The fraction of sp³-hybridized carbons (Fsp3) is 0.143. The van der Waals surface area contributed by atoms with Crippen LogP contribution in [0.1, 0.15) is 6.92 Å². The summed E-state index contributed by atoms with van der Waals surface area (Å²) in [6, 6.07) is 13.1. The van der Waals surface area contributed by atoms with Crippen LogP contribution in [0.2, 0.25) is 0 Å². The molecule has 1 aliphatic heterocycles. The largest absolute Gasteiger partial charge is 0.436 e.